The molecule has 1 heterocycles. The van der Waals surface area contributed by atoms with E-state index in [2.05, 4.69) is 21.2 Å². The van der Waals surface area contributed by atoms with Gasteiger partial charge in [-0.15, -0.1) is 0 Å². The van der Waals surface area contributed by atoms with Crippen molar-refractivity contribution in [2.75, 3.05) is 5.32 Å². The first kappa shape index (κ1) is 13.6. The van der Waals surface area contributed by atoms with Crippen molar-refractivity contribution in [2.45, 2.75) is 19.4 Å². The predicted molar refractivity (Wildman–Crippen MR) is 76.3 cm³/mol. The van der Waals surface area contributed by atoms with Crippen molar-refractivity contribution in [3.8, 4) is 0 Å². The largest absolute Gasteiger partial charge is 0.469 e. The van der Waals surface area contributed by atoms with Crippen molar-refractivity contribution >= 4 is 27.3 Å². The first-order valence-electron chi connectivity index (χ1n) is 5.79. The Labute approximate surface area is 118 Å². The Morgan fingerprint density at radius 2 is 2.26 bits per heavy atom. The molecule has 1 unspecified atom stereocenters. The zero-order valence-corrected chi connectivity index (χ0v) is 11.9. The number of rotatable bonds is 5. The first-order valence-corrected chi connectivity index (χ1v) is 6.58. The summed E-state index contributed by atoms with van der Waals surface area (Å²) in [4.78, 5) is 10.2. The van der Waals surface area contributed by atoms with Gasteiger partial charge in [-0.3, -0.25) is 10.1 Å². The van der Waals surface area contributed by atoms with E-state index in [1.807, 2.05) is 19.1 Å². The van der Waals surface area contributed by atoms with Crippen LogP contribution in [0.5, 0.6) is 0 Å². The quantitative estimate of drug-likeness (QED) is 0.666. The van der Waals surface area contributed by atoms with Gasteiger partial charge in [0.1, 0.15) is 5.76 Å². The van der Waals surface area contributed by atoms with Gasteiger partial charge < -0.3 is 9.73 Å². The molecule has 2 aromatic rings. The molecule has 1 N–H and O–H groups in total. The smallest absolute Gasteiger partial charge is 0.270 e. The van der Waals surface area contributed by atoms with Crippen LogP contribution >= 0.6 is 15.9 Å². The molecule has 2 rings (SSSR count). The lowest BCUT2D eigenvalue weighted by Crippen LogP contribution is -2.18. The summed E-state index contributed by atoms with van der Waals surface area (Å²) < 4.78 is 5.96. The fourth-order valence-electron chi connectivity index (χ4n) is 1.78. The number of halogens is 1. The number of nitro benzene ring substituents is 1. The van der Waals surface area contributed by atoms with Crippen LogP contribution in [0.3, 0.4) is 0 Å². The van der Waals surface area contributed by atoms with Crippen LogP contribution in [0.2, 0.25) is 0 Å². The van der Waals surface area contributed by atoms with Crippen molar-refractivity contribution in [3.05, 3.63) is 56.9 Å². The summed E-state index contributed by atoms with van der Waals surface area (Å²) in [5.74, 6) is 0.901. The Hall–Kier alpha value is -1.82. The van der Waals surface area contributed by atoms with E-state index in [1.54, 1.807) is 12.3 Å². The predicted octanol–water partition coefficient (Wildman–Crippen LogP) is 3.99. The van der Waals surface area contributed by atoms with Crippen LogP contribution in [-0.4, -0.2) is 11.0 Å². The summed E-state index contributed by atoms with van der Waals surface area (Å²) in [6, 6.07) is 8.59. The summed E-state index contributed by atoms with van der Waals surface area (Å²) in [5, 5.41) is 13.9. The fraction of sp³-hybridized carbons (Fsp3) is 0.231. The molecule has 100 valence electrons. The maximum atomic E-state index is 10.7. The Morgan fingerprint density at radius 3 is 2.84 bits per heavy atom. The third-order valence-electron chi connectivity index (χ3n) is 2.65. The molecule has 19 heavy (non-hydrogen) atoms. The highest BCUT2D eigenvalue weighted by Gasteiger charge is 2.11. The molecule has 0 saturated carbocycles. The average Bonchev–Trinajstić information content (AvgIpc) is 2.84. The molecular weight excluding hydrogens is 312 g/mol. The molecule has 0 fully saturated rings. The lowest BCUT2D eigenvalue weighted by atomic mass is 10.2. The summed E-state index contributed by atoms with van der Waals surface area (Å²) >= 11 is 3.33. The molecule has 0 bridgehead atoms. The number of benzene rings is 1. The summed E-state index contributed by atoms with van der Waals surface area (Å²) in [6.45, 7) is 2.02. The number of anilines is 1. The van der Waals surface area contributed by atoms with E-state index in [9.17, 15) is 10.1 Å². The highest BCUT2D eigenvalue weighted by atomic mass is 79.9. The number of hydrogen-bond acceptors (Lipinski definition) is 4. The van der Waals surface area contributed by atoms with Gasteiger partial charge in [0.05, 0.1) is 11.2 Å². The minimum Gasteiger partial charge on any atom is -0.469 e. The number of non-ortho nitro benzene ring substituents is 1. The number of furan rings is 1. The van der Waals surface area contributed by atoms with Gasteiger partial charge >= 0.3 is 0 Å². The first-order chi connectivity index (χ1) is 9.06. The third-order valence-corrected chi connectivity index (χ3v) is 3.31. The van der Waals surface area contributed by atoms with Crippen LogP contribution < -0.4 is 5.32 Å². The monoisotopic (exact) mass is 324 g/mol. The van der Waals surface area contributed by atoms with Crippen molar-refractivity contribution in [1.29, 1.82) is 0 Å². The van der Waals surface area contributed by atoms with E-state index in [1.165, 1.54) is 12.1 Å². The van der Waals surface area contributed by atoms with Gasteiger partial charge in [0.15, 0.2) is 0 Å². The van der Waals surface area contributed by atoms with Gasteiger partial charge in [-0.05, 0) is 41.1 Å². The topological polar surface area (TPSA) is 68.3 Å². The average molecular weight is 325 g/mol. The zero-order valence-electron chi connectivity index (χ0n) is 10.3. The molecule has 6 heteroatoms. The Balaban J connectivity index is 2.04. The molecule has 0 aliphatic carbocycles. The van der Waals surface area contributed by atoms with E-state index >= 15 is 0 Å². The lowest BCUT2D eigenvalue weighted by Gasteiger charge is -2.15. The van der Waals surface area contributed by atoms with Gasteiger partial charge in [-0.2, -0.15) is 0 Å². The van der Waals surface area contributed by atoms with E-state index in [0.717, 1.165) is 17.9 Å². The maximum absolute atomic E-state index is 10.7. The summed E-state index contributed by atoms with van der Waals surface area (Å²) in [6.07, 6.45) is 2.39. The molecule has 5 nitrogen and oxygen atoms in total. The van der Waals surface area contributed by atoms with Gasteiger partial charge in [0.25, 0.3) is 5.69 Å². The van der Waals surface area contributed by atoms with Crippen LogP contribution in [0, 0.1) is 10.1 Å². The SMILES string of the molecule is CC(Cc1ccco1)Nc1ccc([N+](=O)[O-])cc1Br. The zero-order chi connectivity index (χ0) is 13.8. The second-order valence-electron chi connectivity index (χ2n) is 4.25. The van der Waals surface area contributed by atoms with Crippen LogP contribution in [0.1, 0.15) is 12.7 Å². The minimum absolute atomic E-state index is 0.0658. The maximum Gasteiger partial charge on any atom is 0.270 e. The minimum atomic E-state index is -0.416. The molecule has 1 atom stereocenters. The molecule has 0 aliphatic heterocycles. The van der Waals surface area contributed by atoms with Gasteiger partial charge in [0.2, 0.25) is 0 Å². The Kier molecular flexibility index (Phi) is 4.21. The fourth-order valence-corrected chi connectivity index (χ4v) is 2.26. The van der Waals surface area contributed by atoms with Gasteiger partial charge in [-0.25, -0.2) is 0 Å². The molecule has 1 aromatic carbocycles. The standard InChI is InChI=1S/C13H13BrN2O3/c1-9(7-11-3-2-6-19-11)15-13-5-4-10(16(17)18)8-12(13)14/h2-6,8-9,15H,7H2,1H3. The van der Waals surface area contributed by atoms with Gasteiger partial charge in [-0.1, -0.05) is 0 Å². The third kappa shape index (κ3) is 3.57. The lowest BCUT2D eigenvalue weighted by molar-refractivity contribution is -0.384. The number of hydrogen-bond donors (Lipinski definition) is 1. The molecule has 0 radical (unpaired) electrons. The van der Waals surface area contributed by atoms with Crippen molar-refractivity contribution in [3.63, 3.8) is 0 Å². The number of nitrogens with zero attached hydrogens (tertiary/aromatic N) is 1. The van der Waals surface area contributed by atoms with E-state index < -0.39 is 4.92 Å². The van der Waals surface area contributed by atoms with E-state index in [4.69, 9.17) is 4.42 Å². The summed E-state index contributed by atoms with van der Waals surface area (Å²) in [7, 11) is 0. The highest BCUT2D eigenvalue weighted by molar-refractivity contribution is 9.10. The van der Waals surface area contributed by atoms with Crippen molar-refractivity contribution in [1.82, 2.24) is 0 Å². The van der Waals surface area contributed by atoms with Crippen molar-refractivity contribution in [2.24, 2.45) is 0 Å². The molecular formula is C13H13BrN2O3. The molecule has 0 amide bonds. The molecule has 0 spiro atoms. The van der Waals surface area contributed by atoms with E-state index in [-0.39, 0.29) is 11.7 Å². The van der Waals surface area contributed by atoms with Crippen molar-refractivity contribution < 1.29 is 9.34 Å². The van der Waals surface area contributed by atoms with Gasteiger partial charge in [0, 0.05) is 34.8 Å². The highest BCUT2D eigenvalue weighted by Crippen LogP contribution is 2.27. The van der Waals surface area contributed by atoms with Crippen LogP contribution in [0.15, 0.2) is 45.5 Å². The second kappa shape index (κ2) is 5.88. The molecule has 0 saturated heterocycles. The van der Waals surface area contributed by atoms with Crippen LogP contribution in [-0.2, 0) is 6.42 Å². The second-order valence-corrected chi connectivity index (χ2v) is 5.10. The Morgan fingerprint density at radius 1 is 1.47 bits per heavy atom. The summed E-state index contributed by atoms with van der Waals surface area (Å²) in [5.41, 5.74) is 0.890. The van der Waals surface area contributed by atoms with Crippen LogP contribution in [0.4, 0.5) is 11.4 Å². The van der Waals surface area contributed by atoms with Crippen LogP contribution in [0.25, 0.3) is 0 Å². The molecule has 0 aliphatic rings. The molecule has 1 aromatic heterocycles. The Bertz CT molecular complexity index is 569. The number of nitrogens with one attached hydrogen (secondary N) is 1. The number of nitro groups is 1. The van der Waals surface area contributed by atoms with E-state index in [0.29, 0.717) is 4.47 Å². The normalized spacial score (nSPS) is 12.1.